The molecule has 8 heteroatoms. The van der Waals surface area contributed by atoms with Crippen LogP contribution in [0.4, 0.5) is 0 Å². The summed E-state index contributed by atoms with van der Waals surface area (Å²) in [6, 6.07) is 12.3. The third-order valence-corrected chi connectivity index (χ3v) is 5.44. The number of carbonyl (C=O) groups is 1. The molecule has 8 nitrogen and oxygen atoms in total. The number of benzene rings is 2. The lowest BCUT2D eigenvalue weighted by Crippen LogP contribution is -2.38. The summed E-state index contributed by atoms with van der Waals surface area (Å²) in [5, 5.41) is 4.13. The number of hydrogen-bond acceptors (Lipinski definition) is 7. The summed E-state index contributed by atoms with van der Waals surface area (Å²) in [6.45, 7) is 0.614. The normalized spacial score (nSPS) is 16.1. The molecule has 0 saturated carbocycles. The third kappa shape index (κ3) is 4.33. The second-order valence-corrected chi connectivity index (χ2v) is 7.30. The van der Waals surface area contributed by atoms with E-state index in [4.69, 9.17) is 18.7 Å². The van der Waals surface area contributed by atoms with Crippen LogP contribution in [0.5, 0.6) is 17.2 Å². The van der Waals surface area contributed by atoms with Crippen LogP contribution in [0.25, 0.3) is 11.4 Å². The minimum Gasteiger partial charge on any atom is -0.497 e. The van der Waals surface area contributed by atoms with E-state index < -0.39 is 0 Å². The molecule has 0 radical (unpaired) electrons. The largest absolute Gasteiger partial charge is 0.497 e. The molecule has 0 spiro atoms. The molecule has 0 aliphatic carbocycles. The van der Waals surface area contributed by atoms with E-state index in [9.17, 15) is 4.79 Å². The van der Waals surface area contributed by atoms with Crippen LogP contribution in [0, 0.1) is 0 Å². The molecular weight excluding hydrogens is 398 g/mol. The Hall–Kier alpha value is -3.55. The van der Waals surface area contributed by atoms with Crippen LogP contribution in [0.2, 0.25) is 0 Å². The minimum atomic E-state index is -0.280. The Labute approximate surface area is 180 Å². The predicted octanol–water partition coefficient (Wildman–Crippen LogP) is 4.13. The summed E-state index contributed by atoms with van der Waals surface area (Å²) < 4.78 is 21.4. The number of nitrogens with zero attached hydrogens (tertiary/aromatic N) is 3. The van der Waals surface area contributed by atoms with Gasteiger partial charge in [-0.25, -0.2) is 0 Å². The summed E-state index contributed by atoms with van der Waals surface area (Å²) in [7, 11) is 4.74. The molecular formula is C23H25N3O5. The minimum absolute atomic E-state index is 0.119. The summed E-state index contributed by atoms with van der Waals surface area (Å²) in [5.74, 6) is 2.69. The lowest BCUT2D eigenvalue weighted by molar-refractivity contribution is 0.0560. The van der Waals surface area contributed by atoms with E-state index >= 15 is 0 Å². The maximum Gasteiger partial charge on any atom is 0.254 e. The summed E-state index contributed by atoms with van der Waals surface area (Å²) in [5.41, 5.74) is 1.32. The van der Waals surface area contributed by atoms with Gasteiger partial charge in [-0.15, -0.1) is 0 Å². The highest BCUT2D eigenvalue weighted by Crippen LogP contribution is 2.33. The first-order valence-corrected chi connectivity index (χ1v) is 10.1. The number of rotatable bonds is 6. The topological polar surface area (TPSA) is 86.9 Å². The standard InChI is InChI=1S/C23H25N3O5/c1-28-17-9-7-15(8-10-17)21-24-22(31-25-21)20-6-4-5-11-26(20)23(27)16-12-18(29-2)14-19(13-16)30-3/h7-10,12-14,20H,4-6,11H2,1-3H3/t20-/m0/s1. The van der Waals surface area contributed by atoms with Crippen molar-refractivity contribution in [2.75, 3.05) is 27.9 Å². The van der Waals surface area contributed by atoms with Crippen LogP contribution in [0.3, 0.4) is 0 Å². The number of ether oxygens (including phenoxy) is 3. The molecule has 1 saturated heterocycles. The first kappa shape index (κ1) is 20.7. The molecule has 1 atom stereocenters. The van der Waals surface area contributed by atoms with Crippen molar-refractivity contribution in [3.8, 4) is 28.6 Å². The van der Waals surface area contributed by atoms with Gasteiger partial charge in [0, 0.05) is 23.7 Å². The molecule has 0 bridgehead atoms. The van der Waals surface area contributed by atoms with Gasteiger partial charge in [-0.1, -0.05) is 5.16 Å². The number of carbonyl (C=O) groups excluding carboxylic acids is 1. The van der Waals surface area contributed by atoms with Crippen molar-refractivity contribution in [1.29, 1.82) is 0 Å². The van der Waals surface area contributed by atoms with Gasteiger partial charge in [0.15, 0.2) is 0 Å². The highest BCUT2D eigenvalue weighted by molar-refractivity contribution is 5.95. The lowest BCUT2D eigenvalue weighted by atomic mass is 10.0. The van der Waals surface area contributed by atoms with E-state index in [0.29, 0.717) is 35.3 Å². The van der Waals surface area contributed by atoms with Gasteiger partial charge in [-0.3, -0.25) is 4.79 Å². The van der Waals surface area contributed by atoms with Crippen LogP contribution in [0.1, 0.15) is 41.6 Å². The second kappa shape index (κ2) is 9.07. The molecule has 3 aromatic rings. The van der Waals surface area contributed by atoms with Crippen LogP contribution >= 0.6 is 0 Å². The summed E-state index contributed by atoms with van der Waals surface area (Å²) in [4.78, 5) is 19.8. The highest BCUT2D eigenvalue weighted by Gasteiger charge is 2.33. The van der Waals surface area contributed by atoms with Crippen molar-refractivity contribution < 1.29 is 23.5 Å². The van der Waals surface area contributed by atoms with Gasteiger partial charge in [-0.2, -0.15) is 4.98 Å². The van der Waals surface area contributed by atoms with Gasteiger partial charge < -0.3 is 23.6 Å². The fourth-order valence-corrected chi connectivity index (χ4v) is 3.76. The summed E-state index contributed by atoms with van der Waals surface area (Å²) >= 11 is 0. The first-order valence-electron chi connectivity index (χ1n) is 10.1. The fourth-order valence-electron chi connectivity index (χ4n) is 3.76. The maximum absolute atomic E-state index is 13.4. The third-order valence-electron chi connectivity index (χ3n) is 5.44. The maximum atomic E-state index is 13.4. The van der Waals surface area contributed by atoms with E-state index in [1.807, 2.05) is 24.3 Å². The zero-order chi connectivity index (χ0) is 21.8. The number of piperidine rings is 1. The smallest absolute Gasteiger partial charge is 0.254 e. The Kier molecular flexibility index (Phi) is 6.06. The first-order chi connectivity index (χ1) is 15.1. The SMILES string of the molecule is COc1ccc(-c2noc([C@@H]3CCCCN3C(=O)c3cc(OC)cc(OC)c3)n2)cc1. The molecule has 31 heavy (non-hydrogen) atoms. The van der Waals surface area contributed by atoms with Crippen molar-refractivity contribution in [2.24, 2.45) is 0 Å². The van der Waals surface area contributed by atoms with Crippen LogP contribution in [-0.4, -0.2) is 48.8 Å². The van der Waals surface area contributed by atoms with Crippen molar-refractivity contribution in [1.82, 2.24) is 15.0 Å². The van der Waals surface area contributed by atoms with Crippen molar-refractivity contribution in [3.05, 3.63) is 53.9 Å². The van der Waals surface area contributed by atoms with E-state index in [-0.39, 0.29) is 11.9 Å². The van der Waals surface area contributed by atoms with Gasteiger partial charge in [0.05, 0.1) is 21.3 Å². The lowest BCUT2D eigenvalue weighted by Gasteiger charge is -2.33. The van der Waals surface area contributed by atoms with Crippen LogP contribution in [-0.2, 0) is 0 Å². The van der Waals surface area contributed by atoms with Gasteiger partial charge in [0.1, 0.15) is 23.3 Å². The van der Waals surface area contributed by atoms with E-state index in [1.165, 1.54) is 0 Å². The molecule has 162 valence electrons. The Morgan fingerprint density at radius 3 is 2.29 bits per heavy atom. The Balaban J connectivity index is 1.61. The van der Waals surface area contributed by atoms with E-state index in [2.05, 4.69) is 10.1 Å². The van der Waals surface area contributed by atoms with Crippen molar-refractivity contribution >= 4 is 5.91 Å². The van der Waals surface area contributed by atoms with Gasteiger partial charge in [-0.05, 0) is 55.7 Å². The Bertz CT molecular complexity index is 1030. The molecule has 1 amide bonds. The fraction of sp³-hybridized carbons (Fsp3) is 0.348. The van der Waals surface area contributed by atoms with Gasteiger partial charge >= 0.3 is 0 Å². The Morgan fingerprint density at radius 1 is 0.968 bits per heavy atom. The molecule has 1 aromatic heterocycles. The van der Waals surface area contributed by atoms with Crippen LogP contribution in [0.15, 0.2) is 47.0 Å². The predicted molar refractivity (Wildman–Crippen MR) is 113 cm³/mol. The average molecular weight is 423 g/mol. The monoisotopic (exact) mass is 423 g/mol. The molecule has 1 aliphatic heterocycles. The molecule has 2 heterocycles. The van der Waals surface area contributed by atoms with E-state index in [1.54, 1.807) is 44.4 Å². The second-order valence-electron chi connectivity index (χ2n) is 7.30. The Morgan fingerprint density at radius 2 is 1.65 bits per heavy atom. The zero-order valence-electron chi connectivity index (χ0n) is 17.8. The molecule has 1 aliphatic rings. The number of hydrogen-bond donors (Lipinski definition) is 0. The molecule has 0 unspecified atom stereocenters. The quantitative estimate of drug-likeness (QED) is 0.589. The van der Waals surface area contributed by atoms with E-state index in [0.717, 1.165) is 30.6 Å². The number of likely N-dealkylation sites (tertiary alicyclic amines) is 1. The molecule has 0 N–H and O–H groups in total. The number of methoxy groups -OCH3 is 3. The highest BCUT2D eigenvalue weighted by atomic mass is 16.5. The van der Waals surface area contributed by atoms with Crippen molar-refractivity contribution in [2.45, 2.75) is 25.3 Å². The molecule has 2 aromatic carbocycles. The molecule has 1 fully saturated rings. The average Bonchev–Trinajstić information content (AvgIpc) is 3.33. The van der Waals surface area contributed by atoms with Crippen molar-refractivity contribution in [3.63, 3.8) is 0 Å². The number of aromatic nitrogens is 2. The van der Waals surface area contributed by atoms with Gasteiger partial charge in [0.2, 0.25) is 11.7 Å². The molecule has 4 rings (SSSR count). The summed E-state index contributed by atoms with van der Waals surface area (Å²) in [6.07, 6.45) is 2.66. The zero-order valence-corrected chi connectivity index (χ0v) is 17.8. The number of amides is 1. The van der Waals surface area contributed by atoms with Crippen LogP contribution < -0.4 is 14.2 Å². The van der Waals surface area contributed by atoms with Gasteiger partial charge in [0.25, 0.3) is 5.91 Å².